The Balaban J connectivity index is 1.76. The van der Waals surface area contributed by atoms with Crippen LogP contribution in [0.25, 0.3) is 10.9 Å². The summed E-state index contributed by atoms with van der Waals surface area (Å²) in [6.45, 7) is 4.31. The molecule has 1 amide bonds. The molecule has 3 aromatic rings. The van der Waals surface area contributed by atoms with Crippen LogP contribution in [0.4, 0.5) is 0 Å². The lowest BCUT2D eigenvalue weighted by molar-refractivity contribution is 0.0953. The van der Waals surface area contributed by atoms with Crippen molar-refractivity contribution in [2.75, 3.05) is 27.9 Å². The molecule has 1 aromatic heterocycles. The number of nitrogens with one attached hydrogen (secondary N) is 1. The molecule has 0 aliphatic carbocycles. The molecule has 1 heterocycles. The number of amides is 1. The number of pyridine rings is 1. The highest BCUT2D eigenvalue weighted by Gasteiger charge is 2.15. The van der Waals surface area contributed by atoms with E-state index in [2.05, 4.69) is 10.3 Å². The van der Waals surface area contributed by atoms with Gasteiger partial charge >= 0.3 is 0 Å². The zero-order chi connectivity index (χ0) is 21.0. The summed E-state index contributed by atoms with van der Waals surface area (Å²) in [7, 11) is 4.79. The Bertz CT molecular complexity index is 1020. The molecule has 0 saturated heterocycles. The van der Waals surface area contributed by atoms with Crippen LogP contribution in [-0.4, -0.2) is 38.8 Å². The normalized spacial score (nSPS) is 10.7. The van der Waals surface area contributed by atoms with Gasteiger partial charge in [-0.3, -0.25) is 9.78 Å². The summed E-state index contributed by atoms with van der Waals surface area (Å²) in [5.74, 6) is 1.83. The van der Waals surface area contributed by atoms with Crippen LogP contribution in [0.1, 0.15) is 27.2 Å². The predicted molar refractivity (Wildman–Crippen MR) is 113 cm³/mol. The number of nitrogens with zero attached hydrogens (tertiary/aromatic N) is 1. The highest BCUT2D eigenvalue weighted by Crippen LogP contribution is 2.34. The van der Waals surface area contributed by atoms with Crippen molar-refractivity contribution in [3.05, 3.63) is 58.8 Å². The molecule has 0 radical (unpaired) electrons. The lowest BCUT2D eigenvalue weighted by Crippen LogP contribution is -2.27. The minimum absolute atomic E-state index is 0.149. The molecule has 0 aliphatic rings. The molecular formula is C23H26N2O4. The minimum atomic E-state index is -0.149. The molecule has 0 spiro atoms. The third kappa shape index (κ3) is 4.42. The van der Waals surface area contributed by atoms with Crippen molar-refractivity contribution in [1.82, 2.24) is 10.3 Å². The highest BCUT2D eigenvalue weighted by molar-refractivity contribution is 5.98. The Morgan fingerprint density at radius 1 is 0.966 bits per heavy atom. The van der Waals surface area contributed by atoms with Gasteiger partial charge in [0.1, 0.15) is 17.2 Å². The Morgan fingerprint density at radius 3 is 2.28 bits per heavy atom. The number of fused-ring (bicyclic) bond motifs is 1. The van der Waals surface area contributed by atoms with E-state index in [0.29, 0.717) is 41.5 Å². The van der Waals surface area contributed by atoms with Gasteiger partial charge in [0, 0.05) is 29.6 Å². The van der Waals surface area contributed by atoms with Gasteiger partial charge in [-0.2, -0.15) is 0 Å². The second-order valence-electron chi connectivity index (χ2n) is 6.83. The SMILES string of the molecule is COc1cc(OC)c(CCNC(=O)c2cc3ccc(C)cc3nc2C)c(OC)c1. The van der Waals surface area contributed by atoms with Gasteiger partial charge in [-0.1, -0.05) is 12.1 Å². The summed E-state index contributed by atoms with van der Waals surface area (Å²) in [4.78, 5) is 17.3. The van der Waals surface area contributed by atoms with Crippen molar-refractivity contribution in [2.45, 2.75) is 20.3 Å². The number of benzene rings is 2. The maximum Gasteiger partial charge on any atom is 0.253 e. The van der Waals surface area contributed by atoms with Gasteiger partial charge in [0.05, 0.1) is 38.1 Å². The van der Waals surface area contributed by atoms with E-state index in [4.69, 9.17) is 14.2 Å². The molecule has 0 saturated carbocycles. The number of ether oxygens (including phenoxy) is 3. The standard InChI is InChI=1S/C23H26N2O4/c1-14-6-7-16-11-19(15(2)25-20(16)10-14)23(26)24-9-8-18-21(28-4)12-17(27-3)13-22(18)29-5/h6-7,10-13H,8-9H2,1-5H3,(H,24,26). The second kappa shape index (κ2) is 8.82. The lowest BCUT2D eigenvalue weighted by Gasteiger charge is -2.15. The van der Waals surface area contributed by atoms with Crippen LogP contribution in [-0.2, 0) is 6.42 Å². The van der Waals surface area contributed by atoms with E-state index in [1.807, 2.05) is 38.1 Å². The van der Waals surface area contributed by atoms with Gasteiger partial charge in [-0.15, -0.1) is 0 Å². The average molecular weight is 394 g/mol. The van der Waals surface area contributed by atoms with Crippen LogP contribution in [0.3, 0.4) is 0 Å². The number of aryl methyl sites for hydroxylation is 2. The summed E-state index contributed by atoms with van der Waals surface area (Å²) in [5.41, 5.74) is 4.20. The van der Waals surface area contributed by atoms with Gasteiger partial charge in [0.15, 0.2) is 0 Å². The van der Waals surface area contributed by atoms with Crippen molar-refractivity contribution < 1.29 is 19.0 Å². The van der Waals surface area contributed by atoms with Gasteiger partial charge in [0.25, 0.3) is 5.91 Å². The maximum absolute atomic E-state index is 12.7. The number of aromatic nitrogens is 1. The van der Waals surface area contributed by atoms with E-state index < -0.39 is 0 Å². The number of carbonyl (C=O) groups excluding carboxylic acids is 1. The van der Waals surface area contributed by atoms with E-state index >= 15 is 0 Å². The first-order chi connectivity index (χ1) is 14.0. The molecular weight excluding hydrogens is 368 g/mol. The van der Waals surface area contributed by atoms with Crippen molar-refractivity contribution in [3.8, 4) is 17.2 Å². The first kappa shape index (κ1) is 20.5. The molecule has 6 heteroatoms. The predicted octanol–water partition coefficient (Wildman–Crippen LogP) is 3.85. The third-order valence-corrected chi connectivity index (χ3v) is 4.89. The van der Waals surface area contributed by atoms with Crippen molar-refractivity contribution in [1.29, 1.82) is 0 Å². The van der Waals surface area contributed by atoms with E-state index in [-0.39, 0.29) is 5.91 Å². The quantitative estimate of drug-likeness (QED) is 0.659. The Hall–Kier alpha value is -3.28. The third-order valence-electron chi connectivity index (χ3n) is 4.89. The van der Waals surface area contributed by atoms with Gasteiger partial charge in [0.2, 0.25) is 0 Å². The maximum atomic E-state index is 12.7. The van der Waals surface area contributed by atoms with Crippen molar-refractivity contribution >= 4 is 16.8 Å². The van der Waals surface area contributed by atoms with Crippen LogP contribution in [0.5, 0.6) is 17.2 Å². The van der Waals surface area contributed by atoms with Crippen molar-refractivity contribution in [2.24, 2.45) is 0 Å². The topological polar surface area (TPSA) is 69.7 Å². The lowest BCUT2D eigenvalue weighted by atomic mass is 10.1. The first-order valence-electron chi connectivity index (χ1n) is 9.42. The number of methoxy groups -OCH3 is 3. The molecule has 0 unspecified atom stereocenters. The van der Waals surface area contributed by atoms with E-state index in [1.54, 1.807) is 33.5 Å². The molecule has 29 heavy (non-hydrogen) atoms. The molecule has 0 aliphatic heterocycles. The summed E-state index contributed by atoms with van der Waals surface area (Å²) >= 11 is 0. The summed E-state index contributed by atoms with van der Waals surface area (Å²) in [6.07, 6.45) is 0.557. The Labute approximate surface area is 170 Å². The second-order valence-corrected chi connectivity index (χ2v) is 6.83. The van der Waals surface area contributed by atoms with Crippen LogP contribution < -0.4 is 19.5 Å². The first-order valence-corrected chi connectivity index (χ1v) is 9.42. The minimum Gasteiger partial charge on any atom is -0.496 e. The zero-order valence-corrected chi connectivity index (χ0v) is 17.5. The van der Waals surface area contributed by atoms with Crippen LogP contribution >= 0.6 is 0 Å². The fourth-order valence-corrected chi connectivity index (χ4v) is 3.32. The van der Waals surface area contributed by atoms with Crippen molar-refractivity contribution in [3.63, 3.8) is 0 Å². The smallest absolute Gasteiger partial charge is 0.253 e. The van der Waals surface area contributed by atoms with Crippen LogP contribution in [0, 0.1) is 13.8 Å². The zero-order valence-electron chi connectivity index (χ0n) is 17.5. The van der Waals surface area contributed by atoms with E-state index in [1.165, 1.54) is 0 Å². The van der Waals surface area contributed by atoms with E-state index in [0.717, 1.165) is 22.0 Å². The number of carbonyl (C=O) groups is 1. The average Bonchev–Trinajstić information content (AvgIpc) is 2.72. The Kier molecular flexibility index (Phi) is 6.22. The molecule has 0 fully saturated rings. The fraction of sp³-hybridized carbons (Fsp3) is 0.304. The number of hydrogen-bond donors (Lipinski definition) is 1. The van der Waals surface area contributed by atoms with Gasteiger partial charge in [-0.05, 0) is 38.0 Å². The summed E-state index contributed by atoms with van der Waals surface area (Å²) in [5, 5.41) is 3.92. The molecule has 3 rings (SSSR count). The van der Waals surface area contributed by atoms with Crippen LogP contribution in [0.2, 0.25) is 0 Å². The molecule has 2 aromatic carbocycles. The molecule has 0 bridgehead atoms. The molecule has 152 valence electrons. The molecule has 1 N–H and O–H groups in total. The largest absolute Gasteiger partial charge is 0.496 e. The number of rotatable bonds is 7. The molecule has 0 atom stereocenters. The monoisotopic (exact) mass is 394 g/mol. The van der Waals surface area contributed by atoms with Gasteiger partial charge in [-0.25, -0.2) is 0 Å². The summed E-state index contributed by atoms with van der Waals surface area (Å²) < 4.78 is 16.2. The van der Waals surface area contributed by atoms with E-state index in [9.17, 15) is 4.79 Å². The Morgan fingerprint density at radius 2 is 1.66 bits per heavy atom. The summed E-state index contributed by atoms with van der Waals surface area (Å²) in [6, 6.07) is 11.5. The highest BCUT2D eigenvalue weighted by atomic mass is 16.5. The fourth-order valence-electron chi connectivity index (χ4n) is 3.32. The molecule has 6 nitrogen and oxygen atoms in total. The number of hydrogen-bond acceptors (Lipinski definition) is 5. The van der Waals surface area contributed by atoms with Gasteiger partial charge < -0.3 is 19.5 Å². The van der Waals surface area contributed by atoms with Crippen LogP contribution in [0.15, 0.2) is 36.4 Å².